The molecule has 5 rings (SSSR count). The molecule has 0 unspecified atom stereocenters. The van der Waals surface area contributed by atoms with E-state index in [4.69, 9.17) is 4.98 Å². The topological polar surface area (TPSA) is 96.8 Å². The summed E-state index contributed by atoms with van der Waals surface area (Å²) in [7, 11) is 0. The van der Waals surface area contributed by atoms with Crippen molar-refractivity contribution in [2.75, 3.05) is 13.1 Å². The second kappa shape index (κ2) is 8.81. The first-order valence-corrected chi connectivity index (χ1v) is 11.3. The van der Waals surface area contributed by atoms with Gasteiger partial charge in [-0.1, -0.05) is 35.0 Å². The largest absolute Gasteiger partial charge is 0.338 e. The molecule has 4 aromatic rings. The van der Waals surface area contributed by atoms with Gasteiger partial charge in [0.2, 0.25) is 0 Å². The van der Waals surface area contributed by atoms with E-state index in [2.05, 4.69) is 33.5 Å². The molecule has 1 N–H and O–H groups in total. The number of halogens is 1. The first-order chi connectivity index (χ1) is 16.4. The van der Waals surface area contributed by atoms with Crippen molar-refractivity contribution in [1.29, 1.82) is 0 Å². The van der Waals surface area contributed by atoms with Crippen LogP contribution in [0.15, 0.2) is 47.3 Å². The number of aromatic amines is 1. The van der Waals surface area contributed by atoms with E-state index in [1.54, 1.807) is 15.6 Å². The number of amides is 1. The zero-order valence-electron chi connectivity index (χ0n) is 19.1. The molecule has 9 heteroatoms. The molecule has 1 aliphatic heterocycles. The number of rotatable bonds is 4. The molecule has 3 heterocycles. The molecular weight excluding hydrogens is 435 g/mol. The van der Waals surface area contributed by atoms with Crippen LogP contribution in [0.25, 0.3) is 11.2 Å². The number of fused-ring (bicyclic) bond motifs is 1. The Morgan fingerprint density at radius 2 is 2.06 bits per heavy atom. The minimum atomic E-state index is -0.444. The third-order valence-corrected chi connectivity index (χ3v) is 6.38. The Bertz CT molecular complexity index is 1440. The van der Waals surface area contributed by atoms with Gasteiger partial charge in [-0.2, -0.15) is 0 Å². The SMILES string of the molecule is Cc1ccc(C)c(Cn2nnc3c(=O)[nH]c([C@@H]4CCCN(C(=O)c5cccc(F)c5)C4)nc32)c1. The van der Waals surface area contributed by atoms with Crippen molar-refractivity contribution in [2.45, 2.75) is 39.2 Å². The van der Waals surface area contributed by atoms with E-state index in [9.17, 15) is 14.0 Å². The normalized spacial score (nSPS) is 16.2. The lowest BCUT2D eigenvalue weighted by Crippen LogP contribution is -2.40. The number of nitrogens with one attached hydrogen (secondary N) is 1. The van der Waals surface area contributed by atoms with Crippen LogP contribution in [0.5, 0.6) is 0 Å². The minimum absolute atomic E-state index is 0.146. The number of carbonyl (C=O) groups excluding carboxylic acids is 1. The Morgan fingerprint density at radius 1 is 1.21 bits per heavy atom. The zero-order valence-corrected chi connectivity index (χ0v) is 19.1. The van der Waals surface area contributed by atoms with Crippen LogP contribution in [0.3, 0.4) is 0 Å². The number of likely N-dealkylation sites (tertiary alicyclic amines) is 1. The van der Waals surface area contributed by atoms with E-state index >= 15 is 0 Å². The monoisotopic (exact) mass is 460 g/mol. The van der Waals surface area contributed by atoms with Crippen molar-refractivity contribution >= 4 is 17.1 Å². The zero-order chi connectivity index (χ0) is 23.8. The maximum Gasteiger partial charge on any atom is 0.281 e. The third-order valence-electron chi connectivity index (χ3n) is 6.38. The Kier molecular flexibility index (Phi) is 5.69. The van der Waals surface area contributed by atoms with Gasteiger partial charge in [0, 0.05) is 24.6 Å². The van der Waals surface area contributed by atoms with Crippen LogP contribution in [-0.4, -0.2) is 48.9 Å². The van der Waals surface area contributed by atoms with E-state index in [1.165, 1.54) is 18.2 Å². The second-order valence-electron chi connectivity index (χ2n) is 8.90. The molecule has 174 valence electrons. The van der Waals surface area contributed by atoms with Crippen LogP contribution in [-0.2, 0) is 6.54 Å². The Hall–Kier alpha value is -3.88. The highest BCUT2D eigenvalue weighted by molar-refractivity contribution is 5.94. The van der Waals surface area contributed by atoms with Crippen LogP contribution in [0.4, 0.5) is 4.39 Å². The van der Waals surface area contributed by atoms with E-state index in [0.717, 1.165) is 29.5 Å². The van der Waals surface area contributed by atoms with E-state index in [0.29, 0.717) is 36.7 Å². The molecule has 1 fully saturated rings. The molecule has 0 aliphatic carbocycles. The van der Waals surface area contributed by atoms with Crippen molar-refractivity contribution in [3.63, 3.8) is 0 Å². The summed E-state index contributed by atoms with van der Waals surface area (Å²) >= 11 is 0. The fourth-order valence-electron chi connectivity index (χ4n) is 4.50. The molecule has 8 nitrogen and oxygen atoms in total. The van der Waals surface area contributed by atoms with Gasteiger partial charge in [0.1, 0.15) is 11.6 Å². The van der Waals surface area contributed by atoms with Crippen molar-refractivity contribution in [3.05, 3.63) is 86.7 Å². The lowest BCUT2D eigenvalue weighted by atomic mass is 9.96. The van der Waals surface area contributed by atoms with Crippen molar-refractivity contribution in [3.8, 4) is 0 Å². The summed E-state index contributed by atoms with van der Waals surface area (Å²) < 4.78 is 15.3. The van der Waals surface area contributed by atoms with Gasteiger partial charge in [0.05, 0.1) is 6.54 Å². The molecule has 0 radical (unpaired) electrons. The first-order valence-electron chi connectivity index (χ1n) is 11.3. The average molecular weight is 461 g/mol. The van der Waals surface area contributed by atoms with Gasteiger partial charge >= 0.3 is 0 Å². The third kappa shape index (κ3) is 4.21. The fraction of sp³-hybridized carbons (Fsp3) is 0.320. The Morgan fingerprint density at radius 3 is 2.88 bits per heavy atom. The maximum absolute atomic E-state index is 13.6. The summed E-state index contributed by atoms with van der Waals surface area (Å²) in [6, 6.07) is 11.9. The number of aromatic nitrogens is 5. The number of aryl methyl sites for hydroxylation is 2. The van der Waals surface area contributed by atoms with Gasteiger partial charge in [-0.05, 0) is 56.0 Å². The highest BCUT2D eigenvalue weighted by Crippen LogP contribution is 2.26. The molecule has 1 aliphatic rings. The van der Waals surface area contributed by atoms with E-state index in [-0.39, 0.29) is 22.9 Å². The first kappa shape index (κ1) is 21.9. The lowest BCUT2D eigenvalue weighted by Gasteiger charge is -2.32. The number of hydrogen-bond acceptors (Lipinski definition) is 5. The smallest absolute Gasteiger partial charge is 0.281 e. The van der Waals surface area contributed by atoms with Crippen LogP contribution in [0.2, 0.25) is 0 Å². The molecule has 1 atom stereocenters. The minimum Gasteiger partial charge on any atom is -0.338 e. The summed E-state index contributed by atoms with van der Waals surface area (Å²) in [5.41, 5.74) is 3.93. The van der Waals surface area contributed by atoms with Gasteiger partial charge in [0.15, 0.2) is 11.2 Å². The summed E-state index contributed by atoms with van der Waals surface area (Å²) in [5, 5.41) is 8.23. The van der Waals surface area contributed by atoms with Crippen LogP contribution in [0, 0.1) is 19.7 Å². The second-order valence-corrected chi connectivity index (χ2v) is 8.90. The van der Waals surface area contributed by atoms with Crippen molar-refractivity contribution in [1.82, 2.24) is 29.9 Å². The van der Waals surface area contributed by atoms with Crippen LogP contribution >= 0.6 is 0 Å². The summed E-state index contributed by atoms with van der Waals surface area (Å²) in [5.74, 6) is -0.305. The predicted molar refractivity (Wildman–Crippen MR) is 125 cm³/mol. The van der Waals surface area contributed by atoms with Crippen LogP contribution < -0.4 is 5.56 Å². The Balaban J connectivity index is 1.44. The Labute approximate surface area is 195 Å². The average Bonchev–Trinajstić information content (AvgIpc) is 3.24. The number of hydrogen-bond donors (Lipinski definition) is 1. The number of H-pyrrole nitrogens is 1. The number of carbonyl (C=O) groups is 1. The molecule has 2 aromatic heterocycles. The fourth-order valence-corrected chi connectivity index (χ4v) is 4.50. The molecule has 1 saturated heterocycles. The quantitative estimate of drug-likeness (QED) is 0.504. The molecule has 1 amide bonds. The molecule has 0 spiro atoms. The molecule has 0 saturated carbocycles. The van der Waals surface area contributed by atoms with Crippen molar-refractivity contribution < 1.29 is 9.18 Å². The molecule has 34 heavy (non-hydrogen) atoms. The highest BCUT2D eigenvalue weighted by atomic mass is 19.1. The van der Waals surface area contributed by atoms with Gasteiger partial charge in [-0.15, -0.1) is 5.10 Å². The van der Waals surface area contributed by atoms with Crippen molar-refractivity contribution in [2.24, 2.45) is 0 Å². The van der Waals surface area contributed by atoms with Gasteiger partial charge in [0.25, 0.3) is 11.5 Å². The summed E-state index contributed by atoms with van der Waals surface area (Å²) in [4.78, 5) is 35.0. The molecule has 0 bridgehead atoms. The van der Waals surface area contributed by atoms with Crippen LogP contribution in [0.1, 0.15) is 51.6 Å². The van der Waals surface area contributed by atoms with Gasteiger partial charge in [-0.3, -0.25) is 9.59 Å². The van der Waals surface area contributed by atoms with E-state index < -0.39 is 5.82 Å². The lowest BCUT2D eigenvalue weighted by molar-refractivity contribution is 0.0704. The highest BCUT2D eigenvalue weighted by Gasteiger charge is 2.28. The standard InChI is InChI=1S/C25H25FN6O2/c1-15-8-9-16(2)19(11-15)14-32-23-21(29-30-32)24(33)28-22(27-23)18-6-4-10-31(13-18)25(34)17-5-3-7-20(26)12-17/h3,5,7-9,11-12,18H,4,6,10,13-14H2,1-2H3,(H,27,28,33)/t18-/m1/s1. The van der Waals surface area contributed by atoms with Gasteiger partial charge < -0.3 is 9.88 Å². The van der Waals surface area contributed by atoms with Gasteiger partial charge in [-0.25, -0.2) is 14.1 Å². The summed E-state index contributed by atoms with van der Waals surface area (Å²) in [6.45, 7) is 5.48. The number of nitrogens with zero attached hydrogens (tertiary/aromatic N) is 5. The maximum atomic E-state index is 13.6. The molecule has 2 aromatic carbocycles. The molecular formula is C25H25FN6O2. The number of benzene rings is 2. The predicted octanol–water partition coefficient (Wildman–Crippen LogP) is 3.34. The van der Waals surface area contributed by atoms with E-state index in [1.807, 2.05) is 13.8 Å². The summed E-state index contributed by atoms with van der Waals surface area (Å²) in [6.07, 6.45) is 1.54. The number of piperidine rings is 1.